The van der Waals surface area contributed by atoms with Gasteiger partial charge in [0.2, 0.25) is 10.0 Å². The molecule has 1 N–H and O–H groups in total. The summed E-state index contributed by atoms with van der Waals surface area (Å²) in [6.45, 7) is 1.63. The molecule has 0 heterocycles. The average Bonchev–Trinajstić information content (AvgIpc) is 2.53. The van der Waals surface area contributed by atoms with Gasteiger partial charge >= 0.3 is 0 Å². The number of Topliss-reactive ketones (excluding diaryl/α,β-unsaturated/α-hetero) is 1. The van der Waals surface area contributed by atoms with Crippen LogP contribution in [-0.4, -0.2) is 21.2 Å². The summed E-state index contributed by atoms with van der Waals surface area (Å²) in [5.74, 6) is 0.00497. The lowest BCUT2D eigenvalue weighted by Crippen LogP contribution is -2.20. The van der Waals surface area contributed by atoms with E-state index in [9.17, 15) is 13.2 Å². The fraction of sp³-hybridized carbons (Fsp3) is 0.188. The second kappa shape index (κ2) is 6.72. The standard InChI is InChI=1S/C16H17NO4S/c1-12(18)14-8-9-15(16(10-14)22(19,20)17-2)21-11-13-6-4-3-5-7-13/h3-10,17H,11H2,1-2H3. The highest BCUT2D eigenvalue weighted by Gasteiger charge is 2.19. The first-order valence-electron chi connectivity index (χ1n) is 6.69. The first-order valence-corrected chi connectivity index (χ1v) is 8.17. The highest BCUT2D eigenvalue weighted by molar-refractivity contribution is 7.89. The molecule has 0 aliphatic rings. The fourth-order valence-electron chi connectivity index (χ4n) is 1.90. The van der Waals surface area contributed by atoms with Crippen molar-refractivity contribution >= 4 is 15.8 Å². The van der Waals surface area contributed by atoms with Gasteiger partial charge < -0.3 is 4.74 Å². The van der Waals surface area contributed by atoms with Crippen molar-refractivity contribution in [1.29, 1.82) is 0 Å². The van der Waals surface area contributed by atoms with Crippen LogP contribution in [0.15, 0.2) is 53.4 Å². The minimum absolute atomic E-state index is 0.0429. The maximum Gasteiger partial charge on any atom is 0.244 e. The molecule has 0 fully saturated rings. The van der Waals surface area contributed by atoms with Gasteiger partial charge in [0, 0.05) is 5.56 Å². The Hall–Kier alpha value is -2.18. The number of rotatable bonds is 6. The van der Waals surface area contributed by atoms with E-state index in [4.69, 9.17) is 4.74 Å². The molecule has 0 radical (unpaired) electrons. The van der Waals surface area contributed by atoms with Crippen LogP contribution >= 0.6 is 0 Å². The molecule has 2 rings (SSSR count). The van der Waals surface area contributed by atoms with Crippen LogP contribution < -0.4 is 9.46 Å². The van der Waals surface area contributed by atoms with Crippen LogP contribution in [0.4, 0.5) is 0 Å². The maximum atomic E-state index is 12.1. The van der Waals surface area contributed by atoms with E-state index in [0.29, 0.717) is 5.56 Å². The third kappa shape index (κ3) is 3.72. The van der Waals surface area contributed by atoms with Gasteiger partial charge in [-0.1, -0.05) is 30.3 Å². The van der Waals surface area contributed by atoms with E-state index < -0.39 is 10.0 Å². The van der Waals surface area contributed by atoms with Crippen LogP contribution in [0.2, 0.25) is 0 Å². The van der Waals surface area contributed by atoms with E-state index in [2.05, 4.69) is 4.72 Å². The average molecular weight is 319 g/mol. The summed E-state index contributed by atoms with van der Waals surface area (Å²) in [5.41, 5.74) is 1.24. The topological polar surface area (TPSA) is 72.5 Å². The van der Waals surface area contributed by atoms with Crippen molar-refractivity contribution in [3.8, 4) is 5.75 Å². The lowest BCUT2D eigenvalue weighted by Gasteiger charge is -2.12. The molecule has 0 unspecified atom stereocenters. The molecule has 0 bridgehead atoms. The molecule has 0 spiro atoms. The quantitative estimate of drug-likeness (QED) is 0.830. The van der Waals surface area contributed by atoms with Gasteiger partial charge in [-0.25, -0.2) is 13.1 Å². The number of carbonyl (C=O) groups excluding carboxylic acids is 1. The first kappa shape index (κ1) is 16.2. The van der Waals surface area contributed by atoms with Crippen molar-refractivity contribution in [3.63, 3.8) is 0 Å². The van der Waals surface area contributed by atoms with Crippen molar-refractivity contribution in [2.45, 2.75) is 18.4 Å². The molecule has 0 amide bonds. The fourth-order valence-corrected chi connectivity index (χ4v) is 2.80. The van der Waals surface area contributed by atoms with E-state index in [1.54, 1.807) is 6.07 Å². The smallest absolute Gasteiger partial charge is 0.244 e. The zero-order valence-electron chi connectivity index (χ0n) is 12.4. The second-order valence-electron chi connectivity index (χ2n) is 4.70. The normalized spacial score (nSPS) is 11.2. The predicted molar refractivity (Wildman–Crippen MR) is 83.5 cm³/mol. The van der Waals surface area contributed by atoms with Gasteiger partial charge in [-0.05, 0) is 37.7 Å². The second-order valence-corrected chi connectivity index (χ2v) is 6.55. The molecule has 0 atom stereocenters. The molecule has 5 nitrogen and oxygen atoms in total. The zero-order valence-corrected chi connectivity index (χ0v) is 13.2. The summed E-state index contributed by atoms with van der Waals surface area (Å²) < 4.78 is 32.1. The van der Waals surface area contributed by atoms with Crippen molar-refractivity contribution < 1.29 is 17.9 Å². The summed E-state index contributed by atoms with van der Waals surface area (Å²) in [5, 5.41) is 0. The number of hydrogen-bond donors (Lipinski definition) is 1. The molecular formula is C16H17NO4S. The lowest BCUT2D eigenvalue weighted by molar-refractivity contribution is 0.101. The summed E-state index contributed by atoms with van der Waals surface area (Å²) in [6, 6.07) is 13.8. The van der Waals surface area contributed by atoms with Crippen LogP contribution in [0.25, 0.3) is 0 Å². The molecule has 0 aliphatic carbocycles. The van der Waals surface area contributed by atoms with Gasteiger partial charge in [0.25, 0.3) is 0 Å². The molecule has 2 aromatic carbocycles. The van der Waals surface area contributed by atoms with Crippen molar-refractivity contribution in [3.05, 3.63) is 59.7 Å². The van der Waals surface area contributed by atoms with Crippen molar-refractivity contribution in [2.24, 2.45) is 0 Å². The summed E-state index contributed by atoms with van der Waals surface area (Å²) in [4.78, 5) is 11.4. The van der Waals surface area contributed by atoms with Gasteiger partial charge in [0.1, 0.15) is 17.3 Å². The maximum absolute atomic E-state index is 12.1. The Kier molecular flexibility index (Phi) is 4.95. The Morgan fingerprint density at radius 2 is 1.82 bits per heavy atom. The van der Waals surface area contributed by atoms with E-state index >= 15 is 0 Å². The van der Waals surface area contributed by atoms with Crippen molar-refractivity contribution in [2.75, 3.05) is 7.05 Å². The monoisotopic (exact) mass is 319 g/mol. The number of sulfonamides is 1. The molecular weight excluding hydrogens is 302 g/mol. The molecule has 0 aliphatic heterocycles. The molecule has 0 saturated heterocycles. The first-order chi connectivity index (χ1) is 10.4. The minimum Gasteiger partial charge on any atom is -0.487 e. The minimum atomic E-state index is -3.72. The number of ether oxygens (including phenoxy) is 1. The summed E-state index contributed by atoms with van der Waals surface area (Å²) in [6.07, 6.45) is 0. The number of hydrogen-bond acceptors (Lipinski definition) is 4. The molecule has 116 valence electrons. The van der Waals surface area contributed by atoms with E-state index in [1.807, 2.05) is 30.3 Å². The van der Waals surface area contributed by atoms with Crippen LogP contribution in [0.3, 0.4) is 0 Å². The number of ketones is 1. The highest BCUT2D eigenvalue weighted by atomic mass is 32.2. The SMILES string of the molecule is CNS(=O)(=O)c1cc(C(C)=O)ccc1OCc1ccccc1. The zero-order chi connectivity index (χ0) is 16.2. The molecule has 2 aromatic rings. The van der Waals surface area contributed by atoms with Gasteiger partial charge in [0.05, 0.1) is 0 Å². The molecule has 0 aromatic heterocycles. The van der Waals surface area contributed by atoms with Gasteiger partial charge in [0.15, 0.2) is 5.78 Å². The van der Waals surface area contributed by atoms with Gasteiger partial charge in [-0.3, -0.25) is 4.79 Å². The number of nitrogens with one attached hydrogen (secondary N) is 1. The molecule has 0 saturated carbocycles. The Balaban J connectivity index is 2.36. The van der Waals surface area contributed by atoms with Crippen LogP contribution in [0.1, 0.15) is 22.8 Å². The Morgan fingerprint density at radius 1 is 1.14 bits per heavy atom. The van der Waals surface area contributed by atoms with Gasteiger partial charge in [-0.2, -0.15) is 0 Å². The van der Waals surface area contributed by atoms with E-state index in [-0.39, 0.29) is 23.0 Å². The Bertz CT molecular complexity index is 770. The largest absolute Gasteiger partial charge is 0.487 e. The van der Waals surface area contributed by atoms with Crippen molar-refractivity contribution in [1.82, 2.24) is 4.72 Å². The highest BCUT2D eigenvalue weighted by Crippen LogP contribution is 2.26. The van der Waals surface area contributed by atoms with E-state index in [0.717, 1.165) is 5.56 Å². The third-order valence-corrected chi connectivity index (χ3v) is 4.58. The van der Waals surface area contributed by atoms with Gasteiger partial charge in [-0.15, -0.1) is 0 Å². The Morgan fingerprint density at radius 3 is 2.41 bits per heavy atom. The molecule has 22 heavy (non-hydrogen) atoms. The summed E-state index contributed by atoms with van der Waals surface area (Å²) in [7, 11) is -2.40. The van der Waals surface area contributed by atoms with Crippen LogP contribution in [0.5, 0.6) is 5.75 Å². The third-order valence-electron chi connectivity index (χ3n) is 3.15. The number of benzene rings is 2. The summed E-state index contributed by atoms with van der Waals surface area (Å²) >= 11 is 0. The molecule has 6 heteroatoms. The Labute approximate surface area is 130 Å². The van der Waals surface area contributed by atoms with Crippen LogP contribution in [-0.2, 0) is 16.6 Å². The van der Waals surface area contributed by atoms with Crippen LogP contribution in [0, 0.1) is 0 Å². The van der Waals surface area contributed by atoms with E-state index in [1.165, 1.54) is 26.1 Å². The number of carbonyl (C=O) groups is 1. The predicted octanol–water partition coefficient (Wildman–Crippen LogP) is 2.38. The lowest BCUT2D eigenvalue weighted by atomic mass is 10.1.